The smallest absolute Gasteiger partial charge is 0.176 e. The van der Waals surface area contributed by atoms with Gasteiger partial charge in [-0.3, -0.25) is 0 Å². The van der Waals surface area contributed by atoms with Crippen LogP contribution >= 0.6 is 0 Å². The van der Waals surface area contributed by atoms with E-state index in [2.05, 4.69) is 0 Å². The van der Waals surface area contributed by atoms with Crippen LogP contribution in [0.25, 0.3) is 0 Å². The molecular weight excluding hydrogens is 193 g/mol. The van der Waals surface area contributed by atoms with Crippen molar-refractivity contribution in [2.75, 3.05) is 0 Å². The molecule has 1 heterocycles. The molecule has 0 spiro atoms. The largest absolute Gasteiger partial charge is 0.366 e. The van der Waals surface area contributed by atoms with Gasteiger partial charge in [-0.15, -0.1) is 0 Å². The number of hydrogen-bond donors (Lipinski definition) is 0. The van der Waals surface area contributed by atoms with Crippen LogP contribution in [0.2, 0.25) is 12.1 Å². The average molecular weight is 202 g/mol. The molecule has 0 bridgehead atoms. The summed E-state index contributed by atoms with van der Waals surface area (Å²) in [6.07, 6.45) is 0. The highest BCUT2D eigenvalue weighted by Gasteiger charge is 2.66. The highest BCUT2D eigenvalue weighted by atomic mass is 28.3. The Morgan fingerprint density at radius 2 is 1.54 bits per heavy atom. The van der Waals surface area contributed by atoms with Crippen LogP contribution < -0.4 is 5.19 Å². The molecule has 13 heavy (non-hydrogen) atoms. The second-order valence-electron chi connectivity index (χ2n) is 3.45. The van der Waals surface area contributed by atoms with Crippen molar-refractivity contribution in [1.82, 2.24) is 0 Å². The van der Waals surface area contributed by atoms with Crippen molar-refractivity contribution >= 4 is 13.3 Å². The predicted octanol–water partition coefficient (Wildman–Crippen LogP) is 2.46. The lowest BCUT2D eigenvalue weighted by molar-refractivity contribution is -0.0514. The fourth-order valence-electron chi connectivity index (χ4n) is 1.62. The van der Waals surface area contributed by atoms with Crippen molar-refractivity contribution < 1.29 is 13.2 Å². The minimum atomic E-state index is -3.95. The van der Waals surface area contributed by atoms with E-state index in [9.17, 15) is 13.2 Å². The lowest BCUT2D eigenvalue weighted by atomic mass is 10.4. The summed E-state index contributed by atoms with van der Waals surface area (Å²) < 4.78 is 37.9. The second-order valence-corrected chi connectivity index (χ2v) is 7.75. The van der Waals surface area contributed by atoms with Gasteiger partial charge < -0.3 is 0 Å². The van der Waals surface area contributed by atoms with Crippen LogP contribution in [0.15, 0.2) is 30.3 Å². The van der Waals surface area contributed by atoms with Crippen LogP contribution in [0.3, 0.4) is 0 Å². The van der Waals surface area contributed by atoms with Gasteiger partial charge in [0.05, 0.1) is 0 Å². The summed E-state index contributed by atoms with van der Waals surface area (Å²) in [7, 11) is -3.03. The zero-order valence-electron chi connectivity index (χ0n) is 6.93. The average Bonchev–Trinajstić information content (AvgIpc) is 2.84. The van der Waals surface area contributed by atoms with E-state index in [1.165, 1.54) is 0 Å². The maximum atomic E-state index is 12.6. The molecule has 0 nitrogen and oxygen atoms in total. The van der Waals surface area contributed by atoms with Crippen LogP contribution in [0.4, 0.5) is 13.2 Å². The minimum Gasteiger partial charge on any atom is -0.176 e. The molecule has 4 heteroatoms. The molecule has 0 atom stereocenters. The zero-order valence-corrected chi connectivity index (χ0v) is 7.93. The highest BCUT2D eigenvalue weighted by molar-refractivity contribution is 7.01. The Hall–Kier alpha value is -0.773. The van der Waals surface area contributed by atoms with E-state index in [0.717, 1.165) is 0 Å². The predicted molar refractivity (Wildman–Crippen MR) is 47.5 cm³/mol. The standard InChI is InChI=1S/C9H9F3Si/c10-9(11,12)13(6-7-13)8-4-2-1-3-5-8/h1-5H,6-7H2. The Morgan fingerprint density at radius 3 is 1.92 bits per heavy atom. The molecule has 1 aromatic rings. The van der Waals surface area contributed by atoms with Crippen molar-refractivity contribution in [3.63, 3.8) is 0 Å². The van der Waals surface area contributed by atoms with Gasteiger partial charge in [0, 0.05) is 0 Å². The van der Waals surface area contributed by atoms with Gasteiger partial charge >= 0.3 is 5.80 Å². The topological polar surface area (TPSA) is 0 Å². The lowest BCUT2D eigenvalue weighted by Crippen LogP contribution is -2.47. The maximum absolute atomic E-state index is 12.6. The molecule has 1 fully saturated rings. The van der Waals surface area contributed by atoms with Crippen LogP contribution in [-0.2, 0) is 0 Å². The van der Waals surface area contributed by atoms with E-state index in [-0.39, 0.29) is 0 Å². The Bertz CT molecular complexity index is 300. The van der Waals surface area contributed by atoms with Crippen molar-refractivity contribution in [3.8, 4) is 0 Å². The van der Waals surface area contributed by atoms with Crippen LogP contribution in [0.5, 0.6) is 0 Å². The minimum absolute atomic E-state index is 0.376. The summed E-state index contributed by atoms with van der Waals surface area (Å²) in [6, 6.07) is 9.12. The van der Waals surface area contributed by atoms with E-state index in [1.807, 2.05) is 0 Å². The van der Waals surface area contributed by atoms with Gasteiger partial charge in [0.2, 0.25) is 8.07 Å². The van der Waals surface area contributed by atoms with E-state index >= 15 is 0 Å². The first-order valence-electron chi connectivity index (χ1n) is 4.18. The zero-order chi connectivity index (χ0) is 9.53. The Morgan fingerprint density at radius 1 is 1.00 bits per heavy atom. The van der Waals surface area contributed by atoms with E-state index in [1.54, 1.807) is 30.3 Å². The molecular formula is C9H9F3Si. The fraction of sp³-hybridized carbons (Fsp3) is 0.333. The van der Waals surface area contributed by atoms with Gasteiger partial charge in [-0.1, -0.05) is 30.3 Å². The Balaban J connectivity index is 2.37. The first-order valence-corrected chi connectivity index (χ1v) is 6.60. The first kappa shape index (κ1) is 8.81. The van der Waals surface area contributed by atoms with E-state index in [4.69, 9.17) is 0 Å². The number of halogens is 3. The Kier molecular flexibility index (Phi) is 1.77. The summed E-state index contributed by atoms with van der Waals surface area (Å²) in [4.78, 5) is 0. The van der Waals surface area contributed by atoms with Crippen molar-refractivity contribution in [3.05, 3.63) is 30.3 Å². The molecule has 1 saturated heterocycles. The third kappa shape index (κ3) is 1.29. The molecule has 0 unspecified atom stereocenters. The van der Waals surface area contributed by atoms with Crippen LogP contribution in [-0.4, -0.2) is 13.9 Å². The Labute approximate surface area is 75.4 Å². The second kappa shape index (κ2) is 2.61. The van der Waals surface area contributed by atoms with Crippen molar-refractivity contribution in [1.29, 1.82) is 0 Å². The summed E-state index contributed by atoms with van der Waals surface area (Å²) in [5, 5.41) is 0.544. The SMILES string of the molecule is FC(F)(F)[Si]1(c2ccccc2)CC1. The van der Waals surface area contributed by atoms with E-state index < -0.39 is 13.9 Å². The molecule has 0 radical (unpaired) electrons. The normalized spacial score (nSPS) is 19.9. The summed E-state index contributed by atoms with van der Waals surface area (Å²) in [5.41, 5.74) is 0. The van der Waals surface area contributed by atoms with Gasteiger partial charge in [0.1, 0.15) is 0 Å². The number of alkyl halides is 3. The molecule has 0 N–H and O–H groups in total. The first-order chi connectivity index (χ1) is 6.06. The van der Waals surface area contributed by atoms with Gasteiger partial charge in [-0.05, 0) is 17.3 Å². The molecule has 0 amide bonds. The summed E-state index contributed by atoms with van der Waals surface area (Å²) >= 11 is 0. The van der Waals surface area contributed by atoms with Gasteiger partial charge in [-0.2, -0.15) is 13.2 Å². The third-order valence-electron chi connectivity index (χ3n) is 2.62. The summed E-state index contributed by atoms with van der Waals surface area (Å²) in [5.74, 6) is -3.95. The quantitative estimate of drug-likeness (QED) is 0.614. The monoisotopic (exact) mass is 202 g/mol. The van der Waals surface area contributed by atoms with Gasteiger partial charge in [0.25, 0.3) is 0 Å². The molecule has 1 aromatic carbocycles. The van der Waals surface area contributed by atoms with Crippen LogP contribution in [0, 0.1) is 0 Å². The van der Waals surface area contributed by atoms with E-state index in [0.29, 0.717) is 17.3 Å². The summed E-state index contributed by atoms with van der Waals surface area (Å²) in [6.45, 7) is 0. The van der Waals surface area contributed by atoms with Gasteiger partial charge in [0.15, 0.2) is 0 Å². The van der Waals surface area contributed by atoms with Crippen molar-refractivity contribution in [2.45, 2.75) is 17.9 Å². The number of hydrogen-bond acceptors (Lipinski definition) is 0. The fourth-order valence-corrected chi connectivity index (χ4v) is 4.92. The molecule has 70 valence electrons. The maximum Gasteiger partial charge on any atom is 0.366 e. The number of benzene rings is 1. The molecule has 1 aliphatic rings. The lowest BCUT2D eigenvalue weighted by Gasteiger charge is -2.17. The molecule has 2 rings (SSSR count). The van der Waals surface area contributed by atoms with Crippen molar-refractivity contribution in [2.24, 2.45) is 0 Å². The number of rotatable bonds is 1. The molecule has 0 aliphatic carbocycles. The van der Waals surface area contributed by atoms with Crippen LogP contribution in [0.1, 0.15) is 0 Å². The molecule has 0 saturated carbocycles. The third-order valence-corrected chi connectivity index (χ3v) is 6.64. The molecule has 1 aliphatic heterocycles. The highest BCUT2D eigenvalue weighted by Crippen LogP contribution is 2.47. The molecule has 0 aromatic heterocycles. The van der Waals surface area contributed by atoms with Gasteiger partial charge in [-0.25, -0.2) is 0 Å².